The van der Waals surface area contributed by atoms with Gasteiger partial charge < -0.3 is 11.1 Å². The van der Waals surface area contributed by atoms with E-state index in [-0.39, 0.29) is 24.0 Å². The molecular weight excluding hydrogens is 419 g/mol. The van der Waals surface area contributed by atoms with E-state index in [9.17, 15) is 0 Å². The molecule has 124 valence electrons. The first-order valence-electron chi connectivity index (χ1n) is 7.80. The molecule has 0 amide bonds. The van der Waals surface area contributed by atoms with Gasteiger partial charge in [0.2, 0.25) is 0 Å². The van der Waals surface area contributed by atoms with Crippen LogP contribution >= 0.6 is 35.3 Å². The summed E-state index contributed by atoms with van der Waals surface area (Å²) < 4.78 is 0. The van der Waals surface area contributed by atoms with Gasteiger partial charge in [-0.2, -0.15) is 0 Å². The topological polar surface area (TPSA) is 63.3 Å². The van der Waals surface area contributed by atoms with Crippen molar-refractivity contribution in [2.45, 2.75) is 45.2 Å². The zero-order valence-electron chi connectivity index (χ0n) is 13.3. The van der Waals surface area contributed by atoms with Crippen LogP contribution in [0.5, 0.6) is 0 Å². The van der Waals surface area contributed by atoms with E-state index in [1.807, 2.05) is 25.1 Å². The van der Waals surface area contributed by atoms with Gasteiger partial charge in [-0.05, 0) is 19.8 Å². The minimum Gasteiger partial charge on any atom is -0.370 e. The van der Waals surface area contributed by atoms with Crippen LogP contribution < -0.4 is 11.1 Å². The zero-order chi connectivity index (χ0) is 15.4. The lowest BCUT2D eigenvalue weighted by Crippen LogP contribution is -2.38. The Hall–Kier alpha value is -1.15. The van der Waals surface area contributed by atoms with Crippen molar-refractivity contribution in [3.05, 3.63) is 40.9 Å². The van der Waals surface area contributed by atoms with Gasteiger partial charge in [-0.3, -0.25) is 0 Å². The number of rotatable bonds is 4. The van der Waals surface area contributed by atoms with E-state index in [1.165, 1.54) is 30.6 Å². The summed E-state index contributed by atoms with van der Waals surface area (Å²) in [6.45, 7) is 2.64. The highest BCUT2D eigenvalue weighted by atomic mass is 127. The van der Waals surface area contributed by atoms with Crippen LogP contribution in [0.3, 0.4) is 0 Å². The number of aromatic nitrogens is 1. The predicted molar refractivity (Wildman–Crippen MR) is 108 cm³/mol. The fourth-order valence-corrected chi connectivity index (χ4v) is 3.75. The summed E-state index contributed by atoms with van der Waals surface area (Å²) in [5.74, 6) is 0.556. The van der Waals surface area contributed by atoms with Crippen LogP contribution in [0, 0.1) is 6.92 Å². The predicted octanol–water partition coefficient (Wildman–Crippen LogP) is 4.08. The molecule has 0 radical (unpaired) electrons. The first-order chi connectivity index (χ1) is 10.7. The molecule has 1 aromatic heterocycles. The van der Waals surface area contributed by atoms with Gasteiger partial charge in [-0.25, -0.2) is 9.98 Å². The highest BCUT2D eigenvalue weighted by Crippen LogP contribution is 2.28. The van der Waals surface area contributed by atoms with E-state index in [1.54, 1.807) is 11.3 Å². The minimum atomic E-state index is 0. The maximum Gasteiger partial charge on any atom is 0.189 e. The number of aryl methyl sites for hydroxylation is 1. The largest absolute Gasteiger partial charge is 0.370 e. The van der Waals surface area contributed by atoms with Crippen LogP contribution in [0.15, 0.2) is 35.3 Å². The van der Waals surface area contributed by atoms with Crippen LogP contribution in [0.2, 0.25) is 0 Å². The summed E-state index contributed by atoms with van der Waals surface area (Å²) in [7, 11) is 0. The fourth-order valence-electron chi connectivity index (χ4n) is 2.76. The number of aliphatic imine (C=N–C) groups is 1. The number of nitrogens with one attached hydrogen (secondary N) is 1. The van der Waals surface area contributed by atoms with E-state index in [2.05, 4.69) is 27.4 Å². The minimum absolute atomic E-state index is 0. The van der Waals surface area contributed by atoms with Gasteiger partial charge in [0.05, 0.1) is 12.2 Å². The van der Waals surface area contributed by atoms with Crippen molar-refractivity contribution in [3.8, 4) is 10.6 Å². The van der Waals surface area contributed by atoms with Crippen LogP contribution in [0.4, 0.5) is 0 Å². The van der Waals surface area contributed by atoms with Crippen molar-refractivity contribution in [2.24, 2.45) is 10.7 Å². The third-order valence-electron chi connectivity index (χ3n) is 4.01. The van der Waals surface area contributed by atoms with Gasteiger partial charge in [0, 0.05) is 16.5 Å². The molecule has 0 bridgehead atoms. The molecular formula is C17H23IN4S. The normalized spacial score (nSPS) is 15.4. The maximum absolute atomic E-state index is 5.99. The fraction of sp³-hybridized carbons (Fsp3) is 0.412. The number of nitrogens with two attached hydrogens (primary N) is 1. The van der Waals surface area contributed by atoms with Gasteiger partial charge >= 0.3 is 0 Å². The van der Waals surface area contributed by atoms with Crippen molar-refractivity contribution >= 4 is 41.3 Å². The lowest BCUT2D eigenvalue weighted by molar-refractivity contribution is 0.625. The summed E-state index contributed by atoms with van der Waals surface area (Å²) >= 11 is 1.70. The zero-order valence-corrected chi connectivity index (χ0v) is 16.4. The number of hydrogen-bond donors (Lipinski definition) is 2. The Morgan fingerprint density at radius 2 is 2.00 bits per heavy atom. The Morgan fingerprint density at radius 3 is 2.70 bits per heavy atom. The number of benzene rings is 1. The van der Waals surface area contributed by atoms with Crippen LogP contribution in [0.1, 0.15) is 36.3 Å². The molecule has 4 nitrogen and oxygen atoms in total. The molecule has 1 heterocycles. The van der Waals surface area contributed by atoms with Crippen molar-refractivity contribution in [3.63, 3.8) is 0 Å². The van der Waals surface area contributed by atoms with Gasteiger partial charge in [0.25, 0.3) is 0 Å². The number of guanidine groups is 1. The molecule has 2 aromatic rings. The van der Waals surface area contributed by atoms with E-state index < -0.39 is 0 Å². The Morgan fingerprint density at radius 1 is 1.30 bits per heavy atom. The van der Waals surface area contributed by atoms with E-state index >= 15 is 0 Å². The molecule has 1 saturated carbocycles. The molecule has 1 fully saturated rings. The molecule has 23 heavy (non-hydrogen) atoms. The van der Waals surface area contributed by atoms with Gasteiger partial charge in [0.1, 0.15) is 5.01 Å². The van der Waals surface area contributed by atoms with Crippen LogP contribution in [-0.4, -0.2) is 17.0 Å². The quantitative estimate of drug-likeness (QED) is 0.426. The van der Waals surface area contributed by atoms with Crippen LogP contribution in [0.25, 0.3) is 10.6 Å². The van der Waals surface area contributed by atoms with Gasteiger partial charge in [-0.1, -0.05) is 43.2 Å². The Balaban J connectivity index is 0.00000192. The molecule has 1 aliphatic carbocycles. The Kier molecular flexibility index (Phi) is 6.83. The number of thiazole rings is 1. The van der Waals surface area contributed by atoms with E-state index in [4.69, 9.17) is 5.73 Å². The summed E-state index contributed by atoms with van der Waals surface area (Å²) in [6, 6.07) is 10.8. The lowest BCUT2D eigenvalue weighted by atomic mass is 10.2. The van der Waals surface area contributed by atoms with Crippen LogP contribution in [-0.2, 0) is 6.54 Å². The first-order valence-corrected chi connectivity index (χ1v) is 8.62. The van der Waals surface area contributed by atoms with E-state index in [0.29, 0.717) is 18.5 Å². The first kappa shape index (κ1) is 18.2. The molecule has 6 heteroatoms. The SMILES string of the molecule is Cc1nc(-c2ccccc2)sc1CN=C(N)NC1CCCC1.I. The van der Waals surface area contributed by atoms with Crippen molar-refractivity contribution in [2.75, 3.05) is 0 Å². The third-order valence-corrected chi connectivity index (χ3v) is 5.20. The molecule has 3 N–H and O–H groups in total. The summed E-state index contributed by atoms with van der Waals surface area (Å²) in [5.41, 5.74) is 8.19. The molecule has 0 spiro atoms. The molecule has 0 atom stereocenters. The molecule has 0 unspecified atom stereocenters. The number of hydrogen-bond acceptors (Lipinski definition) is 3. The second kappa shape index (κ2) is 8.63. The van der Waals surface area contributed by atoms with Gasteiger partial charge in [0.15, 0.2) is 5.96 Å². The molecule has 0 saturated heterocycles. The van der Waals surface area contributed by atoms with Crippen molar-refractivity contribution < 1.29 is 0 Å². The second-order valence-electron chi connectivity index (χ2n) is 5.72. The monoisotopic (exact) mass is 442 g/mol. The third kappa shape index (κ3) is 4.91. The highest BCUT2D eigenvalue weighted by molar-refractivity contribution is 14.0. The summed E-state index contributed by atoms with van der Waals surface area (Å²) in [5, 5.41) is 4.37. The maximum atomic E-state index is 5.99. The Labute approximate surface area is 158 Å². The average molecular weight is 442 g/mol. The smallest absolute Gasteiger partial charge is 0.189 e. The van der Waals surface area contributed by atoms with E-state index in [0.717, 1.165) is 16.3 Å². The molecule has 1 aliphatic rings. The van der Waals surface area contributed by atoms with Crippen molar-refractivity contribution in [1.29, 1.82) is 0 Å². The number of halogens is 1. The average Bonchev–Trinajstić information content (AvgIpc) is 3.16. The second-order valence-corrected chi connectivity index (χ2v) is 6.80. The lowest BCUT2D eigenvalue weighted by Gasteiger charge is -2.11. The van der Waals surface area contributed by atoms with Crippen molar-refractivity contribution in [1.82, 2.24) is 10.3 Å². The molecule has 1 aromatic carbocycles. The van der Waals surface area contributed by atoms with Gasteiger partial charge in [-0.15, -0.1) is 35.3 Å². The molecule has 3 rings (SSSR count). The highest BCUT2D eigenvalue weighted by Gasteiger charge is 2.15. The molecule has 0 aliphatic heterocycles. The summed E-state index contributed by atoms with van der Waals surface area (Å²) in [6.07, 6.45) is 4.99. The Bertz CT molecular complexity index is 648. The standard InChI is InChI=1S/C17H22N4S.HI/c1-12-15(11-19-17(18)21-14-9-5-6-10-14)22-16(20-12)13-7-3-2-4-8-13;/h2-4,7-8,14H,5-6,9-11H2,1H3,(H3,18,19,21);1H. The summed E-state index contributed by atoms with van der Waals surface area (Å²) in [4.78, 5) is 10.3. The number of nitrogens with zero attached hydrogens (tertiary/aromatic N) is 2.